The van der Waals surface area contributed by atoms with Crippen molar-refractivity contribution in [3.8, 4) is 39.4 Å². The minimum atomic E-state index is -0.884. The molecule has 0 aliphatic carbocycles. The van der Waals surface area contributed by atoms with Crippen LogP contribution in [-0.2, 0) is 27.5 Å². The first-order valence-corrected chi connectivity index (χ1v) is 21.0. The second-order valence-corrected chi connectivity index (χ2v) is 16.0. The molecule has 2 fully saturated rings. The second kappa shape index (κ2) is 16.6. The largest absolute Gasteiger partial charge is 0.488 e. The number of hydrogen-bond acceptors (Lipinski definition) is 8. The van der Waals surface area contributed by atoms with Crippen molar-refractivity contribution in [1.82, 2.24) is 35.1 Å². The molecule has 5 aromatic carbocycles. The number of benzene rings is 5. The maximum absolute atomic E-state index is 14.0. The summed E-state index contributed by atoms with van der Waals surface area (Å²) in [6.07, 6.45) is 5.92. The van der Waals surface area contributed by atoms with Crippen molar-refractivity contribution in [3.05, 3.63) is 150 Å². The smallest absolute Gasteiger partial charge is 0.410 e. The lowest BCUT2D eigenvalue weighted by Gasteiger charge is -2.28. The maximum Gasteiger partial charge on any atom is 0.410 e. The minimum absolute atomic E-state index is 0.173. The van der Waals surface area contributed by atoms with Crippen molar-refractivity contribution in [1.29, 1.82) is 0 Å². The lowest BCUT2D eigenvalue weighted by Crippen LogP contribution is -2.42. The van der Waals surface area contributed by atoms with Gasteiger partial charge in [-0.2, -0.15) is 0 Å². The molecular weight excluding hydrogens is 783 g/mol. The lowest BCUT2D eigenvalue weighted by atomic mass is 9.92. The summed E-state index contributed by atoms with van der Waals surface area (Å²) in [6, 6.07) is 34.5. The summed E-state index contributed by atoms with van der Waals surface area (Å²) >= 11 is 0. The summed E-state index contributed by atoms with van der Waals surface area (Å²) < 4.78 is 17.0. The molecule has 3 N–H and O–H groups in total. The summed E-state index contributed by atoms with van der Waals surface area (Å²) in [7, 11) is 1.29. The van der Waals surface area contributed by atoms with Crippen molar-refractivity contribution in [2.24, 2.45) is 0 Å². The van der Waals surface area contributed by atoms with Gasteiger partial charge in [-0.1, -0.05) is 91.0 Å². The third kappa shape index (κ3) is 7.39. The lowest BCUT2D eigenvalue weighted by molar-refractivity contribution is -0.134. The van der Waals surface area contributed by atoms with Crippen LogP contribution in [0.5, 0.6) is 5.75 Å². The number of likely N-dealkylation sites (tertiary alicyclic amines) is 2. The molecule has 0 unspecified atom stereocenters. The predicted molar refractivity (Wildman–Crippen MR) is 233 cm³/mol. The molecule has 3 amide bonds. The van der Waals surface area contributed by atoms with E-state index in [0.717, 1.165) is 92.8 Å². The van der Waals surface area contributed by atoms with Gasteiger partial charge >= 0.3 is 12.2 Å². The zero-order valence-corrected chi connectivity index (χ0v) is 34.2. The van der Waals surface area contributed by atoms with Crippen LogP contribution in [-0.4, -0.2) is 68.0 Å². The van der Waals surface area contributed by atoms with Crippen molar-refractivity contribution in [2.75, 3.05) is 20.2 Å². The number of carbonyl (C=O) groups excluding carboxylic acids is 3. The van der Waals surface area contributed by atoms with Crippen LogP contribution in [0.2, 0.25) is 0 Å². The third-order valence-corrected chi connectivity index (χ3v) is 12.2. The van der Waals surface area contributed by atoms with Crippen molar-refractivity contribution >= 4 is 28.9 Å². The summed E-state index contributed by atoms with van der Waals surface area (Å²) in [6.45, 7) is 1.82. The molecule has 3 aliphatic rings. The van der Waals surface area contributed by atoms with E-state index in [0.29, 0.717) is 31.1 Å². The van der Waals surface area contributed by atoms with E-state index in [1.54, 1.807) is 9.80 Å². The van der Waals surface area contributed by atoms with Gasteiger partial charge in [-0.25, -0.2) is 19.6 Å². The monoisotopic (exact) mass is 827 g/mol. The van der Waals surface area contributed by atoms with E-state index in [-0.39, 0.29) is 30.7 Å². The molecule has 3 atom stereocenters. The van der Waals surface area contributed by atoms with Gasteiger partial charge in [0.1, 0.15) is 36.7 Å². The van der Waals surface area contributed by atoms with E-state index in [9.17, 15) is 14.4 Å². The zero-order valence-electron chi connectivity index (χ0n) is 34.2. The Morgan fingerprint density at radius 3 is 2.15 bits per heavy atom. The van der Waals surface area contributed by atoms with E-state index in [4.69, 9.17) is 24.2 Å². The standard InChI is InChI=1S/C49H45N7O6/c1-60-48(58)54-43(31-12-6-3-7-13-31)47(57)55-22-8-14-41(55)45-50-27-40(52-45)34-17-19-36-35(25-34)29-61-44-37-20-18-33(24-32(37)16-21-38(36)44)39-26-51-46(53-39)42-15-9-23-56(42)49(59)62-28-30-10-4-2-5-11-30/h2-7,10-13,16-21,24-27,41-43H,8-9,14-15,22-23,28-29H2,1H3,(H,50,52)(H,51,53)(H,54,58)/t41-,42-,43+/m0/s1. The number of imidazole rings is 2. The topological polar surface area (TPSA) is 155 Å². The Morgan fingerprint density at radius 1 is 0.774 bits per heavy atom. The Kier molecular flexibility index (Phi) is 10.4. The third-order valence-electron chi connectivity index (χ3n) is 12.2. The summed E-state index contributed by atoms with van der Waals surface area (Å²) in [5.74, 6) is 2.09. The van der Waals surface area contributed by atoms with Crippen LogP contribution in [0, 0.1) is 0 Å². The van der Waals surface area contributed by atoms with E-state index < -0.39 is 12.1 Å². The van der Waals surface area contributed by atoms with E-state index in [1.165, 1.54) is 7.11 Å². The Balaban J connectivity index is 0.842. The summed E-state index contributed by atoms with van der Waals surface area (Å²) in [5, 5.41) is 4.79. The fourth-order valence-electron chi connectivity index (χ4n) is 9.10. The Hall–Kier alpha value is -7.41. The van der Waals surface area contributed by atoms with Crippen LogP contribution in [0.3, 0.4) is 0 Å². The molecule has 2 aromatic heterocycles. The molecule has 0 spiro atoms. The number of nitrogens with zero attached hydrogens (tertiary/aromatic N) is 4. The summed E-state index contributed by atoms with van der Waals surface area (Å²) in [4.78, 5) is 59.4. The molecule has 3 aliphatic heterocycles. The number of aromatic nitrogens is 4. The van der Waals surface area contributed by atoms with Crippen LogP contribution in [0.1, 0.15) is 72.1 Å². The normalized spacial score (nSPS) is 17.2. The first kappa shape index (κ1) is 38.8. The van der Waals surface area contributed by atoms with Gasteiger partial charge in [-0.15, -0.1) is 0 Å². The number of methoxy groups -OCH3 is 1. The van der Waals surface area contributed by atoms with Gasteiger partial charge < -0.3 is 34.4 Å². The number of ether oxygens (including phenoxy) is 3. The zero-order chi connectivity index (χ0) is 42.2. The molecule has 0 bridgehead atoms. The van der Waals surface area contributed by atoms with Crippen LogP contribution < -0.4 is 10.1 Å². The molecule has 312 valence electrons. The number of aromatic amines is 2. The highest BCUT2D eigenvalue weighted by molar-refractivity contribution is 5.98. The van der Waals surface area contributed by atoms with Crippen LogP contribution in [0.25, 0.3) is 44.4 Å². The van der Waals surface area contributed by atoms with Gasteiger partial charge in [-0.05, 0) is 77.1 Å². The molecule has 7 aromatic rings. The Labute approximate surface area is 358 Å². The molecular formula is C49H45N7O6. The number of hydrogen-bond donors (Lipinski definition) is 3. The van der Waals surface area contributed by atoms with Crippen LogP contribution >= 0.6 is 0 Å². The number of carbonyl (C=O) groups is 3. The number of alkyl carbamates (subject to hydrolysis) is 1. The fourth-order valence-corrected chi connectivity index (χ4v) is 9.10. The minimum Gasteiger partial charge on any atom is -0.488 e. The highest BCUT2D eigenvalue weighted by Crippen LogP contribution is 2.44. The average Bonchev–Trinajstić information content (AvgIpc) is 4.17. The van der Waals surface area contributed by atoms with E-state index in [1.807, 2.05) is 73.1 Å². The molecule has 13 heteroatoms. The van der Waals surface area contributed by atoms with Gasteiger partial charge in [-0.3, -0.25) is 9.69 Å². The Morgan fingerprint density at radius 2 is 1.42 bits per heavy atom. The first-order valence-electron chi connectivity index (χ1n) is 21.0. The maximum atomic E-state index is 14.0. The molecule has 10 rings (SSSR count). The quantitative estimate of drug-likeness (QED) is 0.130. The predicted octanol–water partition coefficient (Wildman–Crippen LogP) is 9.41. The van der Waals surface area contributed by atoms with Gasteiger partial charge in [0, 0.05) is 29.6 Å². The molecule has 62 heavy (non-hydrogen) atoms. The van der Waals surface area contributed by atoms with Gasteiger partial charge in [0.2, 0.25) is 0 Å². The van der Waals surface area contributed by atoms with Crippen molar-refractivity contribution in [3.63, 3.8) is 0 Å². The second-order valence-electron chi connectivity index (χ2n) is 16.0. The van der Waals surface area contributed by atoms with Crippen molar-refractivity contribution in [2.45, 2.75) is 57.0 Å². The van der Waals surface area contributed by atoms with Gasteiger partial charge in [0.25, 0.3) is 5.91 Å². The number of amides is 3. The number of fused-ring (bicyclic) bond motifs is 5. The number of H-pyrrole nitrogens is 2. The first-order chi connectivity index (χ1) is 30.4. The van der Waals surface area contributed by atoms with E-state index in [2.05, 4.69) is 63.8 Å². The number of rotatable bonds is 9. The molecule has 13 nitrogen and oxygen atoms in total. The highest BCUT2D eigenvalue weighted by atomic mass is 16.6. The van der Waals surface area contributed by atoms with E-state index >= 15 is 0 Å². The molecule has 5 heterocycles. The van der Waals surface area contributed by atoms with Crippen molar-refractivity contribution < 1.29 is 28.6 Å². The Bertz CT molecular complexity index is 2790. The average molecular weight is 828 g/mol. The van der Waals surface area contributed by atoms with Crippen LogP contribution in [0.15, 0.2) is 122 Å². The van der Waals surface area contributed by atoms with Gasteiger partial charge in [0.05, 0.1) is 43.0 Å². The van der Waals surface area contributed by atoms with Crippen LogP contribution in [0.4, 0.5) is 9.59 Å². The SMILES string of the molecule is COC(=O)N[C@@H](C(=O)N1CCC[C@H]1c1ncc(-c2ccc3c(c2)COc2c-3ccc3cc(-c4cnc([C@@H]5CCCN5C(=O)OCc5ccccc5)[nH]4)ccc23)[nH]1)c1ccccc1. The highest BCUT2D eigenvalue weighted by Gasteiger charge is 2.37. The fraction of sp³-hybridized carbons (Fsp3) is 0.245. The van der Waals surface area contributed by atoms with Gasteiger partial charge in [0.15, 0.2) is 0 Å². The number of nitrogens with one attached hydrogen (secondary N) is 3. The molecule has 2 saturated heterocycles. The molecule has 0 radical (unpaired) electrons. The molecule has 0 saturated carbocycles. The summed E-state index contributed by atoms with van der Waals surface area (Å²) in [5.41, 5.74) is 8.52.